The van der Waals surface area contributed by atoms with Crippen LogP contribution in [0.5, 0.6) is 5.75 Å². The fourth-order valence-electron chi connectivity index (χ4n) is 9.70. The highest BCUT2D eigenvalue weighted by molar-refractivity contribution is 8.76. The van der Waals surface area contributed by atoms with Crippen LogP contribution in [-0.2, 0) is 73.6 Å². The Morgan fingerprint density at radius 2 is 1.31 bits per heavy atom. The number of carbonyl (C=O) groups excluding carboxylic acids is 9. The second kappa shape index (κ2) is 30.0. The number of phenolic OH excluding ortho intramolecular Hbond substituents is 1. The minimum absolute atomic E-state index is 0.0355. The van der Waals surface area contributed by atoms with E-state index in [9.17, 15) is 58.2 Å². The van der Waals surface area contributed by atoms with Crippen LogP contribution < -0.4 is 48.7 Å². The number of nitrogens with zero attached hydrogens (tertiary/aromatic N) is 1. The number of aromatic nitrogens is 1. The Morgan fingerprint density at radius 3 is 2.01 bits per heavy atom. The van der Waals surface area contributed by atoms with Crippen molar-refractivity contribution in [2.75, 3.05) is 18.1 Å². The number of nitrogens with two attached hydrogens (primary N) is 2. The highest BCUT2D eigenvalue weighted by Crippen LogP contribution is 2.26. The highest BCUT2D eigenvalue weighted by atomic mass is 33.1. The maximum absolute atomic E-state index is 14.7. The SMILES string of the molecule is C[C@@H]1NC(=O)[C@H](Cc2ccccc2)NC(=O)[C@H](CCC(N)=O)NC(=O)[C@H](NC(=O)[C@@H]2CCCN2C(=O)[C@H](Cc2ccccc2)NC(=O)[C@H](N)Cc2ccc(O)cc2)CCSSC[C@@H](C(=O)O)NC(=O)[C@H](Cc2c[nH]c3ccccc23)NC1=O. The van der Waals surface area contributed by atoms with Crippen molar-refractivity contribution in [3.63, 3.8) is 0 Å². The van der Waals surface area contributed by atoms with Crippen molar-refractivity contribution in [1.82, 2.24) is 47.1 Å². The number of fused-ring (bicyclic) bond motifs is 1. The number of carboxylic acid groups (broad SMARTS) is 1. The molecule has 0 bridgehead atoms. The molecule has 1 aromatic heterocycles. The first-order valence-electron chi connectivity index (χ1n) is 27.2. The second-order valence-corrected chi connectivity index (χ2v) is 23.1. The van der Waals surface area contributed by atoms with E-state index in [-0.39, 0.29) is 68.7 Å². The van der Waals surface area contributed by atoms with Crippen molar-refractivity contribution in [2.24, 2.45) is 11.5 Å². The van der Waals surface area contributed by atoms with Gasteiger partial charge in [-0.05, 0) is 79.5 Å². The molecular formula is C58H69N11O12S2. The average molecular weight is 1180 g/mol. The third kappa shape index (κ3) is 18.0. The quantitative estimate of drug-likeness (QED) is 0.0578. The number of likely N-dealkylation sites (tertiary alicyclic amines) is 1. The number of benzene rings is 4. The number of para-hydroxylation sites is 1. The number of H-pyrrole nitrogens is 1. The van der Waals surface area contributed by atoms with Gasteiger partial charge in [0, 0.05) is 60.8 Å². The zero-order valence-electron chi connectivity index (χ0n) is 45.5. The first-order valence-corrected chi connectivity index (χ1v) is 29.7. The lowest BCUT2D eigenvalue weighted by Gasteiger charge is -2.31. The minimum atomic E-state index is -1.52. The molecule has 0 saturated carbocycles. The van der Waals surface area contributed by atoms with Crippen LogP contribution in [0.2, 0.25) is 0 Å². The van der Waals surface area contributed by atoms with Crippen molar-refractivity contribution in [3.8, 4) is 5.75 Å². The van der Waals surface area contributed by atoms with E-state index in [2.05, 4.69) is 42.2 Å². The number of aromatic amines is 1. The number of aromatic hydroxyl groups is 1. The zero-order valence-corrected chi connectivity index (χ0v) is 47.2. The molecule has 25 heteroatoms. The van der Waals surface area contributed by atoms with Gasteiger partial charge in [0.15, 0.2) is 0 Å². The summed E-state index contributed by atoms with van der Waals surface area (Å²) in [5.74, 6) is -8.52. The predicted octanol–water partition coefficient (Wildman–Crippen LogP) is 1.01. The zero-order chi connectivity index (χ0) is 59.6. The molecule has 0 spiro atoms. The minimum Gasteiger partial charge on any atom is -0.508 e. The predicted molar refractivity (Wildman–Crippen MR) is 312 cm³/mol. The van der Waals surface area contributed by atoms with Crippen LogP contribution in [0.4, 0.5) is 0 Å². The molecule has 0 aliphatic carbocycles. The summed E-state index contributed by atoms with van der Waals surface area (Å²) in [5, 5.41) is 39.6. The van der Waals surface area contributed by atoms with E-state index < -0.39 is 120 Å². The molecule has 5 aromatic rings. The van der Waals surface area contributed by atoms with Crippen molar-refractivity contribution >= 4 is 91.6 Å². The van der Waals surface area contributed by atoms with E-state index in [0.29, 0.717) is 28.7 Å². The summed E-state index contributed by atoms with van der Waals surface area (Å²) in [6.45, 7) is 1.48. The Balaban J connectivity index is 1.15. The van der Waals surface area contributed by atoms with Gasteiger partial charge in [-0.15, -0.1) is 0 Å². The molecule has 2 aliphatic rings. The van der Waals surface area contributed by atoms with E-state index in [1.807, 2.05) is 18.2 Å². The molecule has 14 N–H and O–H groups in total. The van der Waals surface area contributed by atoms with E-state index in [1.165, 1.54) is 24.0 Å². The molecular weight excluding hydrogens is 1110 g/mol. The molecule has 4 aromatic carbocycles. The van der Waals surface area contributed by atoms with Gasteiger partial charge in [0.1, 0.15) is 54.1 Å². The Labute approximate surface area is 486 Å². The lowest BCUT2D eigenvalue weighted by Crippen LogP contribution is -2.60. The number of carbonyl (C=O) groups is 10. The summed E-state index contributed by atoms with van der Waals surface area (Å²) >= 11 is 0. The Hall–Kier alpha value is -8.42. The van der Waals surface area contributed by atoms with Gasteiger partial charge in [-0.2, -0.15) is 0 Å². The first kappa shape index (κ1) is 62.2. The fraction of sp³-hybridized carbons (Fsp3) is 0.379. The number of hydrogen-bond donors (Lipinski definition) is 12. The molecule has 440 valence electrons. The fourth-order valence-corrected chi connectivity index (χ4v) is 11.9. The number of aliphatic carboxylic acids is 1. The third-order valence-corrected chi connectivity index (χ3v) is 16.7. The monoisotopic (exact) mass is 1180 g/mol. The lowest BCUT2D eigenvalue weighted by atomic mass is 10.0. The van der Waals surface area contributed by atoms with Gasteiger partial charge in [0.05, 0.1) is 6.04 Å². The summed E-state index contributed by atoms with van der Waals surface area (Å²) < 4.78 is 0. The van der Waals surface area contributed by atoms with Gasteiger partial charge < -0.3 is 68.8 Å². The summed E-state index contributed by atoms with van der Waals surface area (Å²) in [6, 6.07) is 19.0. The Morgan fingerprint density at radius 1 is 0.699 bits per heavy atom. The first-order chi connectivity index (χ1) is 39.8. The molecule has 23 nitrogen and oxygen atoms in total. The van der Waals surface area contributed by atoms with Gasteiger partial charge in [-0.25, -0.2) is 4.79 Å². The molecule has 2 fully saturated rings. The number of primary amides is 1. The van der Waals surface area contributed by atoms with E-state index in [0.717, 1.165) is 32.5 Å². The topological polar surface area (TPSA) is 366 Å². The molecule has 3 heterocycles. The molecule has 7 rings (SSSR count). The Bertz CT molecular complexity index is 3120. The van der Waals surface area contributed by atoms with Crippen molar-refractivity contribution in [1.29, 1.82) is 0 Å². The van der Waals surface area contributed by atoms with Crippen LogP contribution in [0, 0.1) is 0 Å². The van der Waals surface area contributed by atoms with Crippen molar-refractivity contribution < 1.29 is 58.2 Å². The van der Waals surface area contributed by atoms with Crippen molar-refractivity contribution in [3.05, 3.63) is 138 Å². The van der Waals surface area contributed by atoms with Gasteiger partial charge in [0.2, 0.25) is 53.2 Å². The van der Waals surface area contributed by atoms with Crippen LogP contribution in [0.1, 0.15) is 61.3 Å². The normalized spacial score (nSPS) is 22.3. The highest BCUT2D eigenvalue weighted by Gasteiger charge is 2.40. The summed E-state index contributed by atoms with van der Waals surface area (Å²) in [5.41, 5.74) is 15.2. The lowest BCUT2D eigenvalue weighted by molar-refractivity contribution is -0.142. The molecule has 0 radical (unpaired) electrons. The second-order valence-electron chi connectivity index (χ2n) is 20.4. The van der Waals surface area contributed by atoms with E-state index in [1.54, 1.807) is 85.1 Å². The number of amides is 9. The van der Waals surface area contributed by atoms with Crippen LogP contribution in [0.3, 0.4) is 0 Å². The Kier molecular flexibility index (Phi) is 22.5. The van der Waals surface area contributed by atoms with Gasteiger partial charge in [-0.3, -0.25) is 43.2 Å². The van der Waals surface area contributed by atoms with Crippen LogP contribution in [0.15, 0.2) is 115 Å². The van der Waals surface area contributed by atoms with Crippen LogP contribution in [0.25, 0.3) is 10.9 Å². The molecule has 9 atom stereocenters. The summed E-state index contributed by atoms with van der Waals surface area (Å²) in [4.78, 5) is 144. The average Bonchev–Trinajstić information content (AvgIpc) is 4.26. The third-order valence-electron chi connectivity index (χ3n) is 14.2. The largest absolute Gasteiger partial charge is 0.508 e. The smallest absolute Gasteiger partial charge is 0.327 e. The molecule has 0 unspecified atom stereocenters. The summed E-state index contributed by atoms with van der Waals surface area (Å²) in [6.07, 6.45) is 1.28. The van der Waals surface area contributed by atoms with Crippen LogP contribution in [-0.4, -0.2) is 152 Å². The standard InChI is InChI=1S/C58H69N11O12S2/c1-33-50(72)65-45(30-37-31-61-41-16-9-8-15-39(37)41)55(77)68-47(58(80)81)32-83-82-26-24-43(53(75)63-42(22-23-49(60)71)52(74)66-44(54(76)62-33)28-34-11-4-2-5-12-34)64-56(78)48-17-10-25-69(48)57(79)46(29-35-13-6-3-7-14-35)67-51(73)40(59)27-36-18-20-38(70)21-19-36/h2-9,11-16,18-21,31,33,40,42-48,61,70H,10,17,22-30,32,59H2,1H3,(H2,60,71)(H,62,76)(H,63,75)(H,64,78)(H,65,72)(H,66,74)(H,67,73)(H,68,77)(H,80,81)/t33-,40+,42-,43+,44-,45-,46-,47-,48-/m0/s1. The molecule has 2 aliphatic heterocycles. The van der Waals surface area contributed by atoms with E-state index >= 15 is 0 Å². The van der Waals surface area contributed by atoms with Crippen LogP contribution >= 0.6 is 21.6 Å². The summed E-state index contributed by atoms with van der Waals surface area (Å²) in [7, 11) is 2.16. The van der Waals surface area contributed by atoms with Gasteiger partial charge in [-0.1, -0.05) is 113 Å². The molecule has 83 heavy (non-hydrogen) atoms. The maximum atomic E-state index is 14.7. The van der Waals surface area contributed by atoms with E-state index in [4.69, 9.17) is 11.5 Å². The molecule has 9 amide bonds. The number of phenols is 1. The molecule has 2 saturated heterocycles. The van der Waals surface area contributed by atoms with Gasteiger partial charge in [0.25, 0.3) is 0 Å². The van der Waals surface area contributed by atoms with Crippen molar-refractivity contribution in [2.45, 2.75) is 119 Å². The number of carboxylic acids is 1. The number of nitrogens with one attached hydrogen (secondary N) is 8. The maximum Gasteiger partial charge on any atom is 0.327 e. The number of hydrogen-bond acceptors (Lipinski definition) is 14. The number of rotatable bonds is 17. The van der Waals surface area contributed by atoms with Gasteiger partial charge >= 0.3 is 5.97 Å².